The van der Waals surface area contributed by atoms with Crippen LogP contribution in [0.3, 0.4) is 0 Å². The van der Waals surface area contributed by atoms with Crippen molar-refractivity contribution in [1.29, 1.82) is 0 Å². The second-order valence-corrected chi connectivity index (χ2v) is 7.60. The molecule has 3 aromatic heterocycles. The van der Waals surface area contributed by atoms with E-state index in [9.17, 15) is 8.78 Å². The van der Waals surface area contributed by atoms with Crippen LogP contribution in [-0.4, -0.2) is 19.6 Å². The summed E-state index contributed by atoms with van der Waals surface area (Å²) in [6.07, 6.45) is 1.93. The van der Waals surface area contributed by atoms with Gasteiger partial charge in [-0.1, -0.05) is 17.7 Å². The van der Waals surface area contributed by atoms with E-state index in [1.165, 1.54) is 0 Å². The maximum atomic E-state index is 12.8. The van der Waals surface area contributed by atoms with Crippen LogP contribution in [0.2, 0.25) is 5.15 Å². The minimum atomic E-state index is -2.53. The van der Waals surface area contributed by atoms with Crippen LogP contribution in [0.4, 0.5) is 8.78 Å². The molecule has 4 aromatic rings. The molecular formula is C17H11ClF2N4S. The van der Waals surface area contributed by atoms with Gasteiger partial charge < -0.3 is 0 Å². The molecule has 1 aliphatic carbocycles. The Morgan fingerprint density at radius 2 is 2.12 bits per heavy atom. The first-order valence-electron chi connectivity index (χ1n) is 7.78. The van der Waals surface area contributed by atoms with Gasteiger partial charge in [0.2, 0.25) is 0 Å². The number of nitrogens with zero attached hydrogens (tertiary/aromatic N) is 4. The van der Waals surface area contributed by atoms with Crippen molar-refractivity contribution in [3.8, 4) is 0 Å². The number of hydrogen-bond acceptors (Lipinski definition) is 4. The summed E-state index contributed by atoms with van der Waals surface area (Å²) in [7, 11) is 0. The Balaban J connectivity index is 1.51. The highest BCUT2D eigenvalue weighted by Crippen LogP contribution is 2.56. The summed E-state index contributed by atoms with van der Waals surface area (Å²) in [5.74, 6) is 0.644. The summed E-state index contributed by atoms with van der Waals surface area (Å²) in [4.78, 5) is 8.36. The van der Waals surface area contributed by atoms with Gasteiger partial charge >= 0.3 is 0 Å². The van der Waals surface area contributed by atoms with Crippen molar-refractivity contribution < 1.29 is 8.78 Å². The van der Waals surface area contributed by atoms with Gasteiger partial charge in [-0.3, -0.25) is 0 Å². The highest BCUT2D eigenvalue weighted by atomic mass is 35.5. The van der Waals surface area contributed by atoms with Crippen LogP contribution in [0.25, 0.3) is 15.9 Å². The van der Waals surface area contributed by atoms with Crippen LogP contribution in [-0.2, 0) is 0 Å². The molecule has 4 nitrogen and oxygen atoms in total. The molecule has 0 amide bonds. The molecule has 0 N–H and O–H groups in total. The summed E-state index contributed by atoms with van der Waals surface area (Å²) in [6, 6.07) is 7.66. The van der Waals surface area contributed by atoms with Gasteiger partial charge in [0.15, 0.2) is 10.7 Å². The highest BCUT2D eigenvalue weighted by Gasteiger charge is 2.41. The molecule has 1 fully saturated rings. The van der Waals surface area contributed by atoms with E-state index in [-0.39, 0.29) is 5.01 Å². The van der Waals surface area contributed by atoms with E-state index in [1.54, 1.807) is 16.9 Å². The van der Waals surface area contributed by atoms with E-state index in [4.69, 9.17) is 11.6 Å². The monoisotopic (exact) mass is 376 g/mol. The zero-order valence-electron chi connectivity index (χ0n) is 12.7. The van der Waals surface area contributed by atoms with Crippen LogP contribution in [0.5, 0.6) is 0 Å². The smallest absolute Gasteiger partial charge is 0.235 e. The molecule has 1 saturated carbocycles. The van der Waals surface area contributed by atoms with Crippen LogP contribution < -0.4 is 0 Å². The second kappa shape index (κ2) is 5.44. The molecular weight excluding hydrogens is 366 g/mol. The summed E-state index contributed by atoms with van der Waals surface area (Å²) in [6.45, 7) is 0. The lowest BCUT2D eigenvalue weighted by molar-refractivity contribution is 0.151. The fourth-order valence-corrected chi connectivity index (χ4v) is 4.44. The van der Waals surface area contributed by atoms with Gasteiger partial charge in [0.1, 0.15) is 5.15 Å². The second-order valence-electron chi connectivity index (χ2n) is 6.15. The predicted molar refractivity (Wildman–Crippen MR) is 92.7 cm³/mol. The van der Waals surface area contributed by atoms with Gasteiger partial charge in [-0.05, 0) is 42.0 Å². The first-order valence-corrected chi connectivity index (χ1v) is 8.98. The largest absolute Gasteiger partial charge is 0.289 e. The normalized spacial score (nSPS) is 20.0. The van der Waals surface area contributed by atoms with Crippen molar-refractivity contribution in [2.24, 2.45) is 0 Å². The molecule has 25 heavy (non-hydrogen) atoms. The topological polar surface area (TPSA) is 43.1 Å². The number of hydrogen-bond donors (Lipinski definition) is 0. The van der Waals surface area contributed by atoms with Crippen LogP contribution in [0.1, 0.15) is 40.8 Å². The molecule has 3 heterocycles. The van der Waals surface area contributed by atoms with E-state index >= 15 is 0 Å². The summed E-state index contributed by atoms with van der Waals surface area (Å²) in [5.41, 5.74) is 3.66. The third kappa shape index (κ3) is 2.49. The molecule has 5 rings (SSSR count). The molecule has 0 radical (unpaired) electrons. The van der Waals surface area contributed by atoms with Gasteiger partial charge in [-0.15, -0.1) is 11.3 Å². The number of alkyl halides is 2. The summed E-state index contributed by atoms with van der Waals surface area (Å²) in [5, 5.41) is 4.52. The lowest BCUT2D eigenvalue weighted by Gasteiger charge is -2.04. The molecule has 0 bridgehead atoms. The lowest BCUT2D eigenvalue weighted by Crippen LogP contribution is -1.96. The van der Waals surface area contributed by atoms with Crippen molar-refractivity contribution in [1.82, 2.24) is 19.6 Å². The van der Waals surface area contributed by atoms with Gasteiger partial charge in [-0.25, -0.2) is 23.3 Å². The maximum absolute atomic E-state index is 12.8. The Labute approximate surface area is 150 Å². The Kier molecular flexibility index (Phi) is 3.30. The third-order valence-electron chi connectivity index (χ3n) is 4.59. The van der Waals surface area contributed by atoms with Gasteiger partial charge in [-0.2, -0.15) is 5.10 Å². The molecule has 1 aliphatic rings. The van der Waals surface area contributed by atoms with Gasteiger partial charge in [0.05, 0.1) is 10.2 Å². The first kappa shape index (κ1) is 15.2. The molecule has 0 aliphatic heterocycles. The molecule has 126 valence electrons. The zero-order chi connectivity index (χ0) is 17.1. The Morgan fingerprint density at radius 3 is 2.96 bits per heavy atom. The van der Waals surface area contributed by atoms with E-state index in [2.05, 4.69) is 15.1 Å². The van der Waals surface area contributed by atoms with Crippen molar-refractivity contribution in [3.05, 3.63) is 57.9 Å². The number of thiazole rings is 1. The number of benzene rings is 1. The van der Waals surface area contributed by atoms with E-state index in [1.807, 2.05) is 24.3 Å². The van der Waals surface area contributed by atoms with Crippen molar-refractivity contribution in [2.45, 2.75) is 24.7 Å². The number of aromatic nitrogens is 4. The lowest BCUT2D eigenvalue weighted by atomic mass is 10.1. The molecule has 8 heteroatoms. The standard InChI is InChI=1S/C17H11ClF2N4S/c18-14-7-11(16-21-3-4-24(16)23-14)10-6-9(10)8-1-2-12-13(5-8)25-17(22-12)15(19)20/h1-5,7,9-10,15H,6H2/t9-,10+/m1/s1. The number of rotatable bonds is 3. The molecule has 0 spiro atoms. The highest BCUT2D eigenvalue weighted by molar-refractivity contribution is 7.18. The van der Waals surface area contributed by atoms with Crippen LogP contribution in [0, 0.1) is 0 Å². The third-order valence-corrected chi connectivity index (χ3v) is 5.80. The minimum absolute atomic E-state index is 0.125. The van der Waals surface area contributed by atoms with Crippen LogP contribution >= 0.6 is 22.9 Å². The van der Waals surface area contributed by atoms with Crippen LogP contribution in [0.15, 0.2) is 36.7 Å². The minimum Gasteiger partial charge on any atom is -0.235 e. The summed E-state index contributed by atoms with van der Waals surface area (Å²) >= 11 is 7.18. The number of halogens is 3. The first-order chi connectivity index (χ1) is 12.1. The van der Waals surface area contributed by atoms with Gasteiger partial charge in [0.25, 0.3) is 6.43 Å². The van der Waals surface area contributed by atoms with E-state index in [0.29, 0.717) is 22.5 Å². The molecule has 0 unspecified atom stereocenters. The van der Waals surface area contributed by atoms with Crippen molar-refractivity contribution in [3.63, 3.8) is 0 Å². The van der Waals surface area contributed by atoms with Crippen molar-refractivity contribution >= 4 is 38.8 Å². The quantitative estimate of drug-likeness (QED) is 0.493. The average molecular weight is 377 g/mol. The predicted octanol–water partition coefficient (Wildman–Crippen LogP) is 5.20. The number of imidazole rings is 1. The van der Waals surface area contributed by atoms with Crippen molar-refractivity contribution in [2.75, 3.05) is 0 Å². The Morgan fingerprint density at radius 1 is 1.24 bits per heavy atom. The zero-order valence-corrected chi connectivity index (χ0v) is 14.3. The number of fused-ring (bicyclic) bond motifs is 2. The Hall–Kier alpha value is -2.12. The molecule has 1 aromatic carbocycles. The molecule has 2 atom stereocenters. The summed E-state index contributed by atoms with van der Waals surface area (Å²) < 4.78 is 28.2. The maximum Gasteiger partial charge on any atom is 0.289 e. The fourth-order valence-electron chi connectivity index (χ4n) is 3.37. The Bertz CT molecular complexity index is 1110. The molecule has 0 saturated heterocycles. The van der Waals surface area contributed by atoms with E-state index < -0.39 is 6.43 Å². The van der Waals surface area contributed by atoms with Gasteiger partial charge in [0, 0.05) is 18.0 Å². The SMILES string of the molecule is FC(F)c1nc2ccc([C@H]3C[C@@H]3c3cc(Cl)nn4ccnc34)cc2s1. The average Bonchev–Trinajstić information content (AvgIpc) is 3.03. The van der Waals surface area contributed by atoms with E-state index in [0.717, 1.165) is 39.2 Å². The fraction of sp³-hybridized carbons (Fsp3) is 0.235.